The SMILES string of the molecule is Cc1csc2c1C=NCN2CCN1CCC(Oc2ccc(Cl)c(Cl)c2)CC1. The van der Waals surface area contributed by atoms with E-state index in [9.17, 15) is 0 Å². The number of ether oxygens (including phenoxy) is 1. The Balaban J connectivity index is 1.25. The number of hydrogen-bond donors (Lipinski definition) is 0. The zero-order valence-corrected chi connectivity index (χ0v) is 17.7. The molecule has 0 aliphatic carbocycles. The van der Waals surface area contributed by atoms with Crippen molar-refractivity contribution in [3.63, 3.8) is 0 Å². The molecule has 0 radical (unpaired) electrons. The van der Waals surface area contributed by atoms with Crippen molar-refractivity contribution in [2.75, 3.05) is 37.7 Å². The monoisotopic (exact) mass is 423 g/mol. The van der Waals surface area contributed by atoms with Crippen LogP contribution in [0.1, 0.15) is 24.0 Å². The lowest BCUT2D eigenvalue weighted by atomic mass is 10.1. The summed E-state index contributed by atoms with van der Waals surface area (Å²) in [5.74, 6) is 0.801. The molecule has 2 aliphatic rings. The second kappa shape index (κ2) is 8.39. The first kappa shape index (κ1) is 19.1. The van der Waals surface area contributed by atoms with Gasteiger partial charge in [0.25, 0.3) is 0 Å². The van der Waals surface area contributed by atoms with Crippen LogP contribution in [0.4, 0.5) is 5.00 Å². The van der Waals surface area contributed by atoms with E-state index in [-0.39, 0.29) is 6.10 Å². The Morgan fingerprint density at radius 2 is 2.00 bits per heavy atom. The molecule has 2 aromatic rings. The Morgan fingerprint density at radius 3 is 2.78 bits per heavy atom. The molecule has 4 rings (SSSR count). The highest BCUT2D eigenvalue weighted by Crippen LogP contribution is 2.32. The van der Waals surface area contributed by atoms with Crippen LogP contribution in [0.3, 0.4) is 0 Å². The zero-order chi connectivity index (χ0) is 18.8. The van der Waals surface area contributed by atoms with Gasteiger partial charge in [0.05, 0.1) is 10.0 Å². The maximum Gasteiger partial charge on any atom is 0.121 e. The smallest absolute Gasteiger partial charge is 0.121 e. The minimum absolute atomic E-state index is 0.240. The highest BCUT2D eigenvalue weighted by atomic mass is 35.5. The molecule has 0 bridgehead atoms. The summed E-state index contributed by atoms with van der Waals surface area (Å²) in [6.45, 7) is 7.11. The molecule has 1 fully saturated rings. The second-order valence-corrected chi connectivity index (χ2v) is 8.76. The first-order valence-corrected chi connectivity index (χ1v) is 10.9. The van der Waals surface area contributed by atoms with E-state index in [0.717, 1.165) is 51.4 Å². The van der Waals surface area contributed by atoms with Crippen molar-refractivity contribution < 1.29 is 4.74 Å². The number of nitrogens with zero attached hydrogens (tertiary/aromatic N) is 3. The van der Waals surface area contributed by atoms with E-state index >= 15 is 0 Å². The number of halogens is 2. The number of hydrogen-bond acceptors (Lipinski definition) is 5. The van der Waals surface area contributed by atoms with Crippen molar-refractivity contribution in [3.8, 4) is 5.75 Å². The summed E-state index contributed by atoms with van der Waals surface area (Å²) in [6.07, 6.45) is 4.32. The molecule has 3 heterocycles. The number of aryl methyl sites for hydroxylation is 1. The summed E-state index contributed by atoms with van der Waals surface area (Å²) in [5, 5.41) is 4.69. The molecule has 27 heavy (non-hydrogen) atoms. The van der Waals surface area contributed by atoms with Crippen LogP contribution in [-0.4, -0.2) is 50.1 Å². The standard InChI is InChI=1S/C20H23Cl2N3OS/c1-14-12-27-20-17(14)11-23-13-25(20)9-8-24-6-4-15(5-7-24)26-16-2-3-18(21)19(22)10-16/h2-3,10-12,15H,4-9,13H2,1H3. The zero-order valence-electron chi connectivity index (χ0n) is 15.3. The van der Waals surface area contributed by atoms with Crippen molar-refractivity contribution in [1.29, 1.82) is 0 Å². The van der Waals surface area contributed by atoms with Crippen LogP contribution < -0.4 is 9.64 Å². The number of aliphatic imine (C=N–C) groups is 1. The number of anilines is 1. The Kier molecular flexibility index (Phi) is 5.93. The summed E-state index contributed by atoms with van der Waals surface area (Å²) in [7, 11) is 0. The van der Waals surface area contributed by atoms with Gasteiger partial charge in [-0.2, -0.15) is 0 Å². The Bertz CT molecular complexity index is 831. The lowest BCUT2D eigenvalue weighted by molar-refractivity contribution is 0.102. The maximum absolute atomic E-state index is 6.09. The average molecular weight is 424 g/mol. The van der Waals surface area contributed by atoms with Crippen molar-refractivity contribution in [3.05, 3.63) is 44.8 Å². The van der Waals surface area contributed by atoms with Gasteiger partial charge in [-0.1, -0.05) is 23.2 Å². The lowest BCUT2D eigenvalue weighted by Crippen LogP contribution is -2.42. The first-order valence-electron chi connectivity index (χ1n) is 9.27. The van der Waals surface area contributed by atoms with Gasteiger partial charge >= 0.3 is 0 Å². The summed E-state index contributed by atoms with van der Waals surface area (Å²) in [6, 6.07) is 5.47. The molecular formula is C20H23Cl2N3OS. The molecular weight excluding hydrogens is 401 g/mol. The number of piperidine rings is 1. The van der Waals surface area contributed by atoms with E-state index in [1.54, 1.807) is 12.1 Å². The van der Waals surface area contributed by atoms with Crippen LogP contribution in [0.2, 0.25) is 10.0 Å². The van der Waals surface area contributed by atoms with E-state index in [1.807, 2.05) is 23.6 Å². The normalized spacial score (nSPS) is 18.0. The molecule has 2 aliphatic heterocycles. The van der Waals surface area contributed by atoms with Gasteiger partial charge in [0.1, 0.15) is 23.5 Å². The van der Waals surface area contributed by atoms with Crippen molar-refractivity contribution in [1.82, 2.24) is 4.90 Å². The number of benzene rings is 1. The van der Waals surface area contributed by atoms with Crippen molar-refractivity contribution >= 4 is 45.8 Å². The van der Waals surface area contributed by atoms with Gasteiger partial charge in [-0.15, -0.1) is 11.3 Å². The molecule has 0 atom stereocenters. The van der Waals surface area contributed by atoms with Crippen molar-refractivity contribution in [2.24, 2.45) is 4.99 Å². The summed E-state index contributed by atoms with van der Waals surface area (Å²) < 4.78 is 6.09. The molecule has 144 valence electrons. The minimum Gasteiger partial charge on any atom is -0.490 e. The quantitative estimate of drug-likeness (QED) is 0.668. The van der Waals surface area contributed by atoms with Crippen molar-refractivity contribution in [2.45, 2.75) is 25.9 Å². The van der Waals surface area contributed by atoms with E-state index in [4.69, 9.17) is 27.9 Å². The maximum atomic E-state index is 6.09. The summed E-state index contributed by atoms with van der Waals surface area (Å²) in [4.78, 5) is 9.43. The molecule has 0 amide bonds. The number of rotatable bonds is 5. The molecule has 7 heteroatoms. The molecule has 1 aromatic carbocycles. The Morgan fingerprint density at radius 1 is 1.19 bits per heavy atom. The van der Waals surface area contributed by atoms with Crippen LogP contribution in [-0.2, 0) is 0 Å². The molecule has 1 saturated heterocycles. The third-order valence-electron chi connectivity index (χ3n) is 5.18. The largest absolute Gasteiger partial charge is 0.490 e. The third kappa shape index (κ3) is 4.43. The minimum atomic E-state index is 0.240. The predicted molar refractivity (Wildman–Crippen MR) is 115 cm³/mol. The van der Waals surface area contributed by atoms with Crippen LogP contribution in [0, 0.1) is 6.92 Å². The van der Waals surface area contributed by atoms with Gasteiger partial charge in [0.2, 0.25) is 0 Å². The summed E-state index contributed by atoms with van der Waals surface area (Å²) >= 11 is 13.9. The van der Waals surface area contributed by atoms with Crippen LogP contribution >= 0.6 is 34.5 Å². The number of thiophene rings is 1. The van der Waals surface area contributed by atoms with Gasteiger partial charge < -0.3 is 14.5 Å². The highest BCUT2D eigenvalue weighted by molar-refractivity contribution is 7.14. The number of likely N-dealkylation sites (tertiary alicyclic amines) is 1. The lowest BCUT2D eigenvalue weighted by Gasteiger charge is -2.34. The Labute approximate surface area is 174 Å². The molecule has 1 aromatic heterocycles. The molecule has 0 spiro atoms. The van der Waals surface area contributed by atoms with E-state index in [1.165, 1.54) is 16.1 Å². The predicted octanol–water partition coefficient (Wildman–Crippen LogP) is 5.10. The Hall–Kier alpha value is -1.27. The molecule has 0 unspecified atom stereocenters. The second-order valence-electron chi connectivity index (χ2n) is 7.09. The van der Waals surface area contributed by atoms with Gasteiger partial charge in [-0.05, 0) is 42.8 Å². The highest BCUT2D eigenvalue weighted by Gasteiger charge is 2.23. The van der Waals surface area contributed by atoms with Crippen LogP contribution in [0.15, 0.2) is 28.6 Å². The van der Waals surface area contributed by atoms with Crippen LogP contribution in [0.25, 0.3) is 0 Å². The van der Waals surface area contributed by atoms with E-state index < -0.39 is 0 Å². The fourth-order valence-corrected chi connectivity index (χ4v) is 4.91. The average Bonchev–Trinajstić information content (AvgIpc) is 3.06. The third-order valence-corrected chi connectivity index (χ3v) is 7.09. The first-order chi connectivity index (χ1) is 13.1. The fourth-order valence-electron chi connectivity index (χ4n) is 3.56. The molecule has 0 saturated carbocycles. The summed E-state index contributed by atoms with van der Waals surface area (Å²) in [5.41, 5.74) is 2.61. The van der Waals surface area contributed by atoms with Crippen LogP contribution in [0.5, 0.6) is 5.75 Å². The van der Waals surface area contributed by atoms with Gasteiger partial charge in [0, 0.05) is 44.0 Å². The van der Waals surface area contributed by atoms with E-state index in [2.05, 4.69) is 27.1 Å². The topological polar surface area (TPSA) is 28.1 Å². The fraction of sp³-hybridized carbons (Fsp3) is 0.450. The van der Waals surface area contributed by atoms with Gasteiger partial charge in [0.15, 0.2) is 0 Å². The van der Waals surface area contributed by atoms with Gasteiger partial charge in [-0.3, -0.25) is 4.99 Å². The molecule has 4 nitrogen and oxygen atoms in total. The van der Waals surface area contributed by atoms with Gasteiger partial charge in [-0.25, -0.2) is 0 Å². The molecule has 0 N–H and O–H groups in total. The number of fused-ring (bicyclic) bond motifs is 1. The van der Waals surface area contributed by atoms with E-state index in [0.29, 0.717) is 10.0 Å².